The number of hydrogen-bond donors (Lipinski definition) is 0. The molecule has 2 heteroatoms. The second kappa shape index (κ2) is 9.64. The number of rotatable bonds is 4. The molecular formula is C15H22O2. The lowest BCUT2D eigenvalue weighted by atomic mass is 10.2. The normalized spacial score (nSPS) is 9.65. The monoisotopic (exact) mass is 234 g/mol. The Kier molecular flexibility index (Phi) is 8.75. The van der Waals surface area contributed by atoms with E-state index in [2.05, 4.69) is 13.8 Å². The van der Waals surface area contributed by atoms with Crippen molar-refractivity contribution in [3.05, 3.63) is 35.9 Å². The zero-order valence-corrected chi connectivity index (χ0v) is 11.2. The Labute approximate surface area is 104 Å². The lowest BCUT2D eigenvalue weighted by Gasteiger charge is -1.99. The number of carbonyl (C=O) groups excluding carboxylic acids is 1. The summed E-state index contributed by atoms with van der Waals surface area (Å²) in [5, 5.41) is 0. The van der Waals surface area contributed by atoms with Gasteiger partial charge in [-0.3, -0.25) is 4.79 Å². The second-order valence-corrected chi connectivity index (χ2v) is 3.64. The van der Waals surface area contributed by atoms with Crippen LogP contribution in [0.1, 0.15) is 39.2 Å². The van der Waals surface area contributed by atoms with E-state index < -0.39 is 0 Å². The number of methoxy groups -OCH3 is 1. The molecule has 0 bridgehead atoms. The zero-order valence-electron chi connectivity index (χ0n) is 11.2. The molecule has 0 unspecified atom stereocenters. The third-order valence-corrected chi connectivity index (χ3v) is 1.90. The van der Waals surface area contributed by atoms with E-state index in [1.807, 2.05) is 31.2 Å². The average Bonchev–Trinajstić information content (AvgIpc) is 2.37. The van der Waals surface area contributed by atoms with E-state index >= 15 is 0 Å². The third-order valence-electron chi connectivity index (χ3n) is 1.90. The predicted octanol–water partition coefficient (Wildman–Crippen LogP) is 4.10. The minimum absolute atomic E-state index is 0.132. The van der Waals surface area contributed by atoms with Crippen LogP contribution in [0.3, 0.4) is 0 Å². The van der Waals surface area contributed by atoms with E-state index in [0.29, 0.717) is 6.42 Å². The summed E-state index contributed by atoms with van der Waals surface area (Å²) in [7, 11) is 1.63. The number of allylic oxidation sites excluding steroid dienone is 1. The molecule has 0 amide bonds. The van der Waals surface area contributed by atoms with Gasteiger partial charge in [0.15, 0.2) is 5.78 Å². The lowest BCUT2D eigenvalue weighted by Crippen LogP contribution is -1.87. The molecule has 0 saturated heterocycles. The van der Waals surface area contributed by atoms with Crippen molar-refractivity contribution in [2.45, 2.75) is 33.6 Å². The zero-order chi connectivity index (χ0) is 13.1. The summed E-state index contributed by atoms with van der Waals surface area (Å²) in [6, 6.07) is 7.59. The molecule has 0 aromatic heterocycles. The maximum atomic E-state index is 11.0. The van der Waals surface area contributed by atoms with Crippen LogP contribution < -0.4 is 4.74 Å². The molecule has 0 heterocycles. The van der Waals surface area contributed by atoms with Crippen LogP contribution in [0.4, 0.5) is 0 Å². The SMILES string of the molecule is CCC.CCC(=O)/C=C/c1cccc(OC)c1. The first-order valence-electron chi connectivity index (χ1n) is 6.02. The van der Waals surface area contributed by atoms with Gasteiger partial charge in [-0.25, -0.2) is 0 Å². The molecule has 0 fully saturated rings. The van der Waals surface area contributed by atoms with E-state index in [0.717, 1.165) is 11.3 Å². The van der Waals surface area contributed by atoms with Gasteiger partial charge in [0.1, 0.15) is 5.75 Å². The number of ketones is 1. The molecule has 0 aliphatic rings. The lowest BCUT2D eigenvalue weighted by molar-refractivity contribution is -0.114. The minimum Gasteiger partial charge on any atom is -0.497 e. The van der Waals surface area contributed by atoms with Crippen LogP contribution in [0.2, 0.25) is 0 Å². The maximum absolute atomic E-state index is 11.0. The van der Waals surface area contributed by atoms with Crippen molar-refractivity contribution in [1.29, 1.82) is 0 Å². The van der Waals surface area contributed by atoms with Gasteiger partial charge in [-0.15, -0.1) is 0 Å². The smallest absolute Gasteiger partial charge is 0.155 e. The summed E-state index contributed by atoms with van der Waals surface area (Å²) in [5.74, 6) is 0.934. The van der Waals surface area contributed by atoms with Crippen LogP contribution in [0.5, 0.6) is 5.75 Å². The Bertz CT molecular complexity index is 354. The van der Waals surface area contributed by atoms with Crippen LogP contribution in [0.15, 0.2) is 30.3 Å². The standard InChI is InChI=1S/C12H14O2.C3H8/c1-3-11(13)8-7-10-5-4-6-12(9-10)14-2;1-3-2/h4-9H,3H2,1-2H3;3H2,1-2H3/b8-7+;. The van der Waals surface area contributed by atoms with Crippen molar-refractivity contribution in [2.24, 2.45) is 0 Å². The van der Waals surface area contributed by atoms with Crippen LogP contribution >= 0.6 is 0 Å². The molecule has 0 spiro atoms. The Morgan fingerprint density at radius 2 is 1.94 bits per heavy atom. The van der Waals surface area contributed by atoms with E-state index in [4.69, 9.17) is 4.74 Å². The average molecular weight is 234 g/mol. The summed E-state index contributed by atoms with van der Waals surface area (Å²) in [6.07, 6.45) is 5.18. The Morgan fingerprint density at radius 1 is 1.29 bits per heavy atom. The highest BCUT2D eigenvalue weighted by Crippen LogP contribution is 2.13. The van der Waals surface area contributed by atoms with Gasteiger partial charge in [-0.1, -0.05) is 45.4 Å². The molecular weight excluding hydrogens is 212 g/mol. The Hall–Kier alpha value is -1.57. The van der Waals surface area contributed by atoms with Crippen molar-refractivity contribution < 1.29 is 9.53 Å². The molecule has 0 N–H and O–H groups in total. The highest BCUT2D eigenvalue weighted by molar-refractivity contribution is 5.93. The van der Waals surface area contributed by atoms with Gasteiger partial charge < -0.3 is 4.74 Å². The summed E-state index contributed by atoms with van der Waals surface area (Å²) in [6.45, 7) is 6.10. The minimum atomic E-state index is 0.132. The molecule has 17 heavy (non-hydrogen) atoms. The molecule has 1 aromatic rings. The highest BCUT2D eigenvalue weighted by atomic mass is 16.5. The van der Waals surface area contributed by atoms with Crippen LogP contribution in [0.25, 0.3) is 6.08 Å². The molecule has 0 atom stereocenters. The summed E-state index contributed by atoms with van der Waals surface area (Å²) in [4.78, 5) is 11.0. The summed E-state index contributed by atoms with van der Waals surface area (Å²) >= 11 is 0. The summed E-state index contributed by atoms with van der Waals surface area (Å²) < 4.78 is 5.07. The first-order valence-corrected chi connectivity index (χ1v) is 6.02. The van der Waals surface area contributed by atoms with Crippen LogP contribution in [0, 0.1) is 0 Å². The fraction of sp³-hybridized carbons (Fsp3) is 0.400. The maximum Gasteiger partial charge on any atom is 0.155 e. The first-order chi connectivity index (χ1) is 8.17. The fourth-order valence-electron chi connectivity index (χ4n) is 1.05. The third kappa shape index (κ3) is 7.34. The van der Waals surface area contributed by atoms with Gasteiger partial charge in [0, 0.05) is 6.42 Å². The van der Waals surface area contributed by atoms with Gasteiger partial charge in [0.2, 0.25) is 0 Å². The van der Waals surface area contributed by atoms with Crippen LogP contribution in [-0.4, -0.2) is 12.9 Å². The van der Waals surface area contributed by atoms with Crippen molar-refractivity contribution >= 4 is 11.9 Å². The van der Waals surface area contributed by atoms with E-state index in [1.54, 1.807) is 19.3 Å². The second-order valence-electron chi connectivity index (χ2n) is 3.64. The van der Waals surface area contributed by atoms with Gasteiger partial charge in [-0.05, 0) is 23.8 Å². The number of benzene rings is 1. The number of hydrogen-bond acceptors (Lipinski definition) is 2. The van der Waals surface area contributed by atoms with Gasteiger partial charge in [0.25, 0.3) is 0 Å². The van der Waals surface area contributed by atoms with Crippen molar-refractivity contribution in [3.63, 3.8) is 0 Å². The molecule has 0 aliphatic heterocycles. The molecule has 94 valence electrons. The highest BCUT2D eigenvalue weighted by Gasteiger charge is 1.93. The topological polar surface area (TPSA) is 26.3 Å². The number of carbonyl (C=O) groups is 1. The van der Waals surface area contributed by atoms with Crippen molar-refractivity contribution in [2.75, 3.05) is 7.11 Å². The molecule has 0 aliphatic carbocycles. The summed E-state index contributed by atoms with van der Waals surface area (Å²) in [5.41, 5.74) is 0.978. The molecule has 1 rings (SSSR count). The van der Waals surface area contributed by atoms with E-state index in [9.17, 15) is 4.79 Å². The van der Waals surface area contributed by atoms with Gasteiger partial charge in [-0.2, -0.15) is 0 Å². The van der Waals surface area contributed by atoms with E-state index in [-0.39, 0.29) is 5.78 Å². The van der Waals surface area contributed by atoms with E-state index in [1.165, 1.54) is 6.42 Å². The number of ether oxygens (including phenoxy) is 1. The Balaban J connectivity index is 0.000000770. The predicted molar refractivity (Wildman–Crippen MR) is 73.3 cm³/mol. The van der Waals surface area contributed by atoms with Crippen molar-refractivity contribution in [1.82, 2.24) is 0 Å². The van der Waals surface area contributed by atoms with Crippen LogP contribution in [-0.2, 0) is 4.79 Å². The Morgan fingerprint density at radius 3 is 2.47 bits per heavy atom. The van der Waals surface area contributed by atoms with Gasteiger partial charge in [0.05, 0.1) is 7.11 Å². The van der Waals surface area contributed by atoms with Crippen molar-refractivity contribution in [3.8, 4) is 5.75 Å². The molecule has 0 radical (unpaired) electrons. The van der Waals surface area contributed by atoms with Gasteiger partial charge >= 0.3 is 0 Å². The molecule has 1 aromatic carbocycles. The molecule has 0 saturated carbocycles. The first kappa shape index (κ1) is 15.4. The quantitative estimate of drug-likeness (QED) is 0.733. The fourth-order valence-corrected chi connectivity index (χ4v) is 1.05. The molecule has 2 nitrogen and oxygen atoms in total. The largest absolute Gasteiger partial charge is 0.497 e.